The second-order valence-corrected chi connectivity index (χ2v) is 5.18. The lowest BCUT2D eigenvalue weighted by Gasteiger charge is -2.14. The van der Waals surface area contributed by atoms with Crippen molar-refractivity contribution in [2.75, 3.05) is 6.61 Å². The molecule has 0 saturated heterocycles. The van der Waals surface area contributed by atoms with Gasteiger partial charge in [-0.15, -0.1) is 0 Å². The number of esters is 1. The molecule has 4 nitrogen and oxygen atoms in total. The summed E-state index contributed by atoms with van der Waals surface area (Å²) >= 11 is 0. The fourth-order valence-corrected chi connectivity index (χ4v) is 2.36. The third-order valence-corrected chi connectivity index (χ3v) is 3.46. The van der Waals surface area contributed by atoms with Gasteiger partial charge in [0, 0.05) is 0 Å². The first-order valence-electron chi connectivity index (χ1n) is 7.37. The number of phenols is 1. The minimum Gasteiger partial charge on any atom is -0.508 e. The lowest BCUT2D eigenvalue weighted by molar-refractivity contribution is -0.144. The van der Waals surface area contributed by atoms with Crippen molar-refractivity contribution >= 4 is 5.97 Å². The maximum Gasteiger partial charge on any atom is 0.323 e. The van der Waals surface area contributed by atoms with E-state index in [1.807, 2.05) is 36.4 Å². The number of rotatable bonds is 6. The van der Waals surface area contributed by atoms with Crippen molar-refractivity contribution in [3.05, 3.63) is 65.2 Å². The van der Waals surface area contributed by atoms with Gasteiger partial charge < -0.3 is 15.6 Å². The molecular weight excluding hydrogens is 278 g/mol. The number of nitrogens with two attached hydrogens (primary N) is 1. The van der Waals surface area contributed by atoms with Crippen molar-refractivity contribution < 1.29 is 14.6 Å². The maximum atomic E-state index is 11.7. The molecule has 0 aliphatic carbocycles. The highest BCUT2D eigenvalue weighted by Crippen LogP contribution is 2.21. The van der Waals surface area contributed by atoms with Crippen LogP contribution in [0.25, 0.3) is 0 Å². The molecule has 22 heavy (non-hydrogen) atoms. The standard InChI is InChI=1S/C18H21NO3/c1-2-22-18(21)17(19)12-14-8-9-16(20)11-15(14)10-13-6-4-3-5-7-13/h3-9,11,17,20H,2,10,12,19H2,1H3/t17-/m0/s1. The van der Waals surface area contributed by atoms with Crippen LogP contribution >= 0.6 is 0 Å². The maximum absolute atomic E-state index is 11.7. The Morgan fingerprint density at radius 2 is 1.91 bits per heavy atom. The average Bonchev–Trinajstić information content (AvgIpc) is 2.51. The Morgan fingerprint density at radius 3 is 2.59 bits per heavy atom. The first kappa shape index (κ1) is 16.0. The summed E-state index contributed by atoms with van der Waals surface area (Å²) in [5, 5.41) is 9.72. The second-order valence-electron chi connectivity index (χ2n) is 5.18. The van der Waals surface area contributed by atoms with Gasteiger partial charge in [0.2, 0.25) is 0 Å². The number of carbonyl (C=O) groups excluding carboxylic acids is 1. The summed E-state index contributed by atoms with van der Waals surface area (Å²) in [6.07, 6.45) is 1.07. The van der Waals surface area contributed by atoms with Gasteiger partial charge >= 0.3 is 5.97 Å². The number of hydrogen-bond donors (Lipinski definition) is 2. The average molecular weight is 299 g/mol. The summed E-state index contributed by atoms with van der Waals surface area (Å²) in [5.74, 6) is -0.194. The van der Waals surface area contributed by atoms with Gasteiger partial charge in [-0.05, 0) is 48.6 Å². The van der Waals surface area contributed by atoms with E-state index >= 15 is 0 Å². The molecule has 0 saturated carbocycles. The lowest BCUT2D eigenvalue weighted by atomic mass is 9.95. The molecule has 0 spiro atoms. The molecule has 0 aliphatic rings. The molecule has 2 rings (SSSR count). The third-order valence-electron chi connectivity index (χ3n) is 3.46. The smallest absolute Gasteiger partial charge is 0.323 e. The van der Waals surface area contributed by atoms with Crippen molar-refractivity contribution in [1.29, 1.82) is 0 Å². The SMILES string of the molecule is CCOC(=O)[C@@H](N)Cc1ccc(O)cc1Cc1ccccc1. The normalized spacial score (nSPS) is 11.9. The van der Waals surface area contributed by atoms with Crippen LogP contribution in [0.4, 0.5) is 0 Å². The molecule has 1 atom stereocenters. The molecule has 0 bridgehead atoms. The van der Waals surface area contributed by atoms with Crippen molar-refractivity contribution in [3.63, 3.8) is 0 Å². The molecule has 4 heteroatoms. The zero-order chi connectivity index (χ0) is 15.9. The van der Waals surface area contributed by atoms with Crippen LogP contribution in [0.3, 0.4) is 0 Å². The fraction of sp³-hybridized carbons (Fsp3) is 0.278. The Labute approximate surface area is 130 Å². The van der Waals surface area contributed by atoms with Gasteiger partial charge in [0.25, 0.3) is 0 Å². The number of aromatic hydroxyl groups is 1. The van der Waals surface area contributed by atoms with E-state index in [0.717, 1.165) is 16.7 Å². The van der Waals surface area contributed by atoms with Gasteiger partial charge in [-0.2, -0.15) is 0 Å². The molecule has 0 heterocycles. The van der Waals surface area contributed by atoms with Crippen LogP contribution in [-0.4, -0.2) is 23.7 Å². The second kappa shape index (κ2) is 7.61. The Balaban J connectivity index is 2.19. The quantitative estimate of drug-likeness (QED) is 0.803. The number of carbonyl (C=O) groups is 1. The summed E-state index contributed by atoms with van der Waals surface area (Å²) < 4.78 is 4.94. The Morgan fingerprint density at radius 1 is 1.18 bits per heavy atom. The highest BCUT2D eigenvalue weighted by molar-refractivity contribution is 5.76. The van der Waals surface area contributed by atoms with Gasteiger partial charge in [-0.25, -0.2) is 0 Å². The molecule has 0 aromatic heterocycles. The molecular formula is C18H21NO3. The zero-order valence-corrected chi connectivity index (χ0v) is 12.7. The molecule has 3 N–H and O–H groups in total. The number of phenolic OH excluding ortho intramolecular Hbond substituents is 1. The van der Waals surface area contributed by atoms with E-state index in [0.29, 0.717) is 19.4 Å². The predicted octanol–water partition coefficient (Wildman–Crippen LogP) is 2.42. The van der Waals surface area contributed by atoms with E-state index < -0.39 is 12.0 Å². The van der Waals surface area contributed by atoms with E-state index in [-0.39, 0.29) is 5.75 Å². The predicted molar refractivity (Wildman–Crippen MR) is 85.7 cm³/mol. The van der Waals surface area contributed by atoms with Crippen LogP contribution in [0.5, 0.6) is 5.75 Å². The minimum absolute atomic E-state index is 0.208. The molecule has 0 amide bonds. The molecule has 0 radical (unpaired) electrons. The van der Waals surface area contributed by atoms with Crippen LogP contribution < -0.4 is 5.73 Å². The lowest BCUT2D eigenvalue weighted by Crippen LogP contribution is -2.34. The molecule has 0 fully saturated rings. The Hall–Kier alpha value is -2.33. The van der Waals surface area contributed by atoms with Crippen molar-refractivity contribution in [2.24, 2.45) is 5.73 Å². The number of ether oxygens (including phenoxy) is 1. The topological polar surface area (TPSA) is 72.5 Å². The van der Waals surface area contributed by atoms with E-state index in [2.05, 4.69) is 0 Å². The van der Waals surface area contributed by atoms with Crippen LogP contribution in [0.15, 0.2) is 48.5 Å². The highest BCUT2D eigenvalue weighted by Gasteiger charge is 2.17. The van der Waals surface area contributed by atoms with Crippen molar-refractivity contribution in [2.45, 2.75) is 25.8 Å². The van der Waals surface area contributed by atoms with E-state index in [1.165, 1.54) is 0 Å². The Kier molecular flexibility index (Phi) is 5.55. The van der Waals surface area contributed by atoms with Gasteiger partial charge in [0.05, 0.1) is 6.61 Å². The van der Waals surface area contributed by atoms with Crippen molar-refractivity contribution in [1.82, 2.24) is 0 Å². The summed E-state index contributed by atoms with van der Waals surface area (Å²) in [5.41, 5.74) is 8.95. The van der Waals surface area contributed by atoms with Crippen LogP contribution in [-0.2, 0) is 22.4 Å². The summed E-state index contributed by atoms with van der Waals surface area (Å²) in [6, 6.07) is 14.4. The molecule has 2 aromatic carbocycles. The summed E-state index contributed by atoms with van der Waals surface area (Å²) in [4.78, 5) is 11.7. The molecule has 0 aliphatic heterocycles. The summed E-state index contributed by atoms with van der Waals surface area (Å²) in [7, 11) is 0. The van der Waals surface area contributed by atoms with Crippen LogP contribution in [0.2, 0.25) is 0 Å². The van der Waals surface area contributed by atoms with E-state index in [1.54, 1.807) is 19.1 Å². The monoisotopic (exact) mass is 299 g/mol. The molecule has 116 valence electrons. The largest absolute Gasteiger partial charge is 0.508 e. The number of benzene rings is 2. The Bertz CT molecular complexity index is 625. The van der Waals surface area contributed by atoms with E-state index in [4.69, 9.17) is 10.5 Å². The summed E-state index contributed by atoms with van der Waals surface area (Å²) in [6.45, 7) is 2.07. The molecule has 0 unspecified atom stereocenters. The first-order valence-corrected chi connectivity index (χ1v) is 7.37. The third kappa shape index (κ3) is 4.33. The zero-order valence-electron chi connectivity index (χ0n) is 12.7. The van der Waals surface area contributed by atoms with E-state index in [9.17, 15) is 9.90 Å². The van der Waals surface area contributed by atoms with Gasteiger partial charge in [0.1, 0.15) is 11.8 Å². The van der Waals surface area contributed by atoms with Gasteiger partial charge in [0.15, 0.2) is 0 Å². The van der Waals surface area contributed by atoms with Crippen LogP contribution in [0, 0.1) is 0 Å². The van der Waals surface area contributed by atoms with Crippen LogP contribution in [0.1, 0.15) is 23.6 Å². The fourth-order valence-electron chi connectivity index (χ4n) is 2.36. The number of hydrogen-bond acceptors (Lipinski definition) is 4. The molecule has 2 aromatic rings. The highest BCUT2D eigenvalue weighted by atomic mass is 16.5. The van der Waals surface area contributed by atoms with Crippen molar-refractivity contribution in [3.8, 4) is 5.75 Å². The van der Waals surface area contributed by atoms with Gasteiger partial charge in [-0.1, -0.05) is 36.4 Å². The van der Waals surface area contributed by atoms with Gasteiger partial charge in [-0.3, -0.25) is 4.79 Å². The minimum atomic E-state index is -0.695. The first-order chi connectivity index (χ1) is 10.6.